The number of hydrogen-bond acceptors (Lipinski definition) is 11. The summed E-state index contributed by atoms with van der Waals surface area (Å²) in [6.07, 6.45) is 0. The van der Waals surface area contributed by atoms with Crippen molar-refractivity contribution in [1.82, 2.24) is 25.4 Å². The van der Waals surface area contributed by atoms with Gasteiger partial charge in [0.1, 0.15) is 11.4 Å². The zero-order valence-electron chi connectivity index (χ0n) is 33.4. The quantitative estimate of drug-likeness (QED) is 0.0445. The monoisotopic (exact) mass is 937 g/mol. The van der Waals surface area contributed by atoms with Gasteiger partial charge in [0, 0.05) is 62.2 Å². The van der Waals surface area contributed by atoms with Crippen LogP contribution < -0.4 is 0 Å². The Morgan fingerprint density at radius 2 is 0.877 bits per heavy atom. The van der Waals surface area contributed by atoms with E-state index in [0.717, 1.165) is 34.2 Å². The van der Waals surface area contributed by atoms with Gasteiger partial charge >= 0.3 is 28.1 Å². The van der Waals surface area contributed by atoms with Crippen LogP contribution in [0.5, 0.6) is 0 Å². The van der Waals surface area contributed by atoms with Gasteiger partial charge in [0.15, 0.2) is 20.2 Å². The van der Waals surface area contributed by atoms with Crippen LogP contribution in [0.25, 0.3) is 22.8 Å². The smallest absolute Gasteiger partial charge is 0.741 e. The van der Waals surface area contributed by atoms with E-state index in [9.17, 15) is 26.3 Å². The van der Waals surface area contributed by atoms with E-state index in [2.05, 4.69) is 119 Å². The number of rotatable bonds is 3. The maximum Gasteiger partial charge on any atom is 2.00 e. The van der Waals surface area contributed by atoms with Crippen LogP contribution in [0, 0.1) is 5.53 Å². The molecule has 3 aromatic heterocycles. The molecule has 57 heavy (non-hydrogen) atoms. The Bertz CT molecular complexity index is 1850. The van der Waals surface area contributed by atoms with Gasteiger partial charge in [-0.2, -0.15) is 41.7 Å². The Balaban J connectivity index is -0.000000729. The number of H-pyrrole nitrogens is 2. The molecule has 0 fully saturated rings. The number of benzene rings is 1. The molecule has 0 saturated heterocycles. The van der Waals surface area contributed by atoms with Gasteiger partial charge < -0.3 is 9.11 Å². The standard InChI is InChI=1S/C19H25N5.C6H6N2.2C3H9P.2CHF3O3S.Fe/c1-18(2,3)16-10-14(21-23-16)12-8-7-9-13(20-12)15-11-17(24-22-15)19(4,5)6;7-8-6-4-2-1-3-5-6;2*1-4(2)3;2*2-1(3,4)8(5,6)7;/h7-11H,1-6H3,(H,21,23)(H,22,24);1-5,7H;2*1-3H3;2*(H,5,6,7);/q;;;;;;+2. The first-order valence-corrected chi connectivity index (χ1v) is 25.0. The molecule has 0 spiro atoms. The van der Waals surface area contributed by atoms with E-state index >= 15 is 0 Å². The number of para-hydroxylation sites is 1. The molecule has 0 aliphatic carbocycles. The summed E-state index contributed by atoms with van der Waals surface area (Å²) in [7, 11) is -11.9. The van der Waals surface area contributed by atoms with Gasteiger partial charge in [-0.15, -0.1) is 0 Å². The van der Waals surface area contributed by atoms with Crippen LogP contribution in [0.1, 0.15) is 52.9 Å². The molecule has 0 unspecified atom stereocenters. The molecule has 1 aromatic carbocycles. The molecule has 0 saturated carbocycles. The second-order valence-corrected chi connectivity index (χ2v) is 23.2. The molecule has 13 nitrogen and oxygen atoms in total. The summed E-state index contributed by atoms with van der Waals surface area (Å²) >= 11 is 0. The summed E-state index contributed by atoms with van der Waals surface area (Å²) in [5, 5.41) is 18.3. The Morgan fingerprint density at radius 3 is 1.07 bits per heavy atom. The summed E-state index contributed by atoms with van der Waals surface area (Å²) in [6.45, 7) is 26.6. The largest absolute Gasteiger partial charge is 2.00 e. The molecule has 0 aliphatic heterocycles. The fourth-order valence-corrected chi connectivity index (χ4v) is 2.90. The van der Waals surface area contributed by atoms with Crippen molar-refractivity contribution in [2.45, 2.75) is 63.4 Å². The summed E-state index contributed by atoms with van der Waals surface area (Å²) in [5.41, 5.74) is 1.64. The fourth-order valence-electron chi connectivity index (χ4n) is 2.90. The number of alkyl halides is 6. The Hall–Kier alpha value is -2.83. The van der Waals surface area contributed by atoms with Crippen LogP contribution in [0.2, 0.25) is 0 Å². The van der Waals surface area contributed by atoms with Crippen LogP contribution in [0.15, 0.2) is 65.8 Å². The zero-order chi connectivity index (χ0) is 44.5. The van der Waals surface area contributed by atoms with Crippen LogP contribution in [-0.4, -0.2) is 102 Å². The van der Waals surface area contributed by atoms with Gasteiger partial charge in [-0.25, -0.2) is 27.4 Å². The van der Waals surface area contributed by atoms with E-state index in [1.54, 1.807) is 12.1 Å². The van der Waals surface area contributed by atoms with E-state index in [-0.39, 0.29) is 43.7 Å². The summed E-state index contributed by atoms with van der Waals surface area (Å²) in [6, 6.07) is 19.3. The molecule has 0 amide bonds. The second-order valence-electron chi connectivity index (χ2n) is 14.5. The van der Waals surface area contributed by atoms with Crippen molar-refractivity contribution in [3.05, 3.63) is 72.1 Å². The first kappa shape index (κ1) is 58.5. The molecule has 3 heterocycles. The van der Waals surface area contributed by atoms with E-state index in [4.69, 9.17) is 36.5 Å². The fraction of sp³-hybridized carbons (Fsp3) is 0.485. The Labute approximate surface area is 344 Å². The number of aromatic nitrogens is 5. The maximum atomic E-state index is 10.7. The number of halogens is 6. The normalized spacial score (nSPS) is 11.7. The van der Waals surface area contributed by atoms with Gasteiger partial charge in [0.05, 0.1) is 17.1 Å². The van der Waals surface area contributed by atoms with Crippen molar-refractivity contribution in [1.29, 1.82) is 5.53 Å². The summed E-state index contributed by atoms with van der Waals surface area (Å²) < 4.78 is 118. The van der Waals surface area contributed by atoms with Gasteiger partial charge in [-0.3, -0.25) is 10.2 Å². The third kappa shape index (κ3) is 26.0. The van der Waals surface area contributed by atoms with E-state index in [1.807, 2.05) is 36.4 Å². The van der Waals surface area contributed by atoms with E-state index < -0.39 is 31.3 Å². The molecule has 0 radical (unpaired) electrons. The molecule has 324 valence electrons. The Kier molecular flexibility index (Phi) is 25.6. The number of aromatic amines is 2. The van der Waals surface area contributed by atoms with E-state index in [0.29, 0.717) is 5.69 Å². The van der Waals surface area contributed by atoms with Crippen molar-refractivity contribution < 1.29 is 69.4 Å². The van der Waals surface area contributed by atoms with Crippen LogP contribution in [-0.2, 0) is 48.1 Å². The van der Waals surface area contributed by atoms with Crippen molar-refractivity contribution in [3.63, 3.8) is 0 Å². The SMILES string of the molecule is CC(C)(C)c1cc(-c2cccc(-c3cc(C(C)(C)C)[nH]n3)n2)n[nH]1.C[PH+](C)C.C[PH+](C)C.N=Nc1ccccc1.O=S(=O)([O-])C(F)(F)F.O=S(=O)([O-])C(F)(F)F.[Fe+2]. The molecule has 24 heteroatoms. The first-order chi connectivity index (χ1) is 25.0. The number of nitrogens with one attached hydrogen (secondary N) is 3. The third-order valence-corrected chi connectivity index (χ3v) is 6.63. The van der Waals surface area contributed by atoms with Crippen LogP contribution in [0.4, 0.5) is 32.0 Å². The minimum atomic E-state index is -6.09. The summed E-state index contributed by atoms with van der Waals surface area (Å²) in [4.78, 5) is 4.74. The van der Waals surface area contributed by atoms with Crippen molar-refractivity contribution in [2.24, 2.45) is 5.11 Å². The van der Waals surface area contributed by atoms with Gasteiger partial charge in [-0.1, -0.05) is 65.8 Å². The minimum Gasteiger partial charge on any atom is -0.741 e. The number of nitrogens with zero attached hydrogens (tertiary/aromatic N) is 4. The van der Waals surface area contributed by atoms with Crippen molar-refractivity contribution in [2.75, 3.05) is 40.0 Å². The molecule has 4 rings (SSSR count). The predicted octanol–water partition coefficient (Wildman–Crippen LogP) is 9.09. The van der Waals surface area contributed by atoms with Crippen LogP contribution in [0.3, 0.4) is 0 Å². The average molecular weight is 938 g/mol. The molecule has 0 atom stereocenters. The van der Waals surface area contributed by atoms with Crippen molar-refractivity contribution >= 4 is 41.8 Å². The van der Waals surface area contributed by atoms with Gasteiger partial charge in [0.25, 0.3) is 0 Å². The molecule has 3 N–H and O–H groups in total. The predicted molar refractivity (Wildman–Crippen MR) is 212 cm³/mol. The van der Waals surface area contributed by atoms with Crippen molar-refractivity contribution in [3.8, 4) is 22.8 Å². The Morgan fingerprint density at radius 1 is 0.596 bits per heavy atom. The average Bonchev–Trinajstić information content (AvgIpc) is 3.72. The molecule has 4 aromatic rings. The summed E-state index contributed by atoms with van der Waals surface area (Å²) in [5.74, 6) is 0. The number of pyridine rings is 1. The molecule has 0 aliphatic rings. The minimum absolute atomic E-state index is 0. The third-order valence-electron chi connectivity index (χ3n) is 5.50. The molecule has 0 bridgehead atoms. The van der Waals surface area contributed by atoms with Gasteiger partial charge in [-0.05, 0) is 52.2 Å². The number of hydrogen-bond donors (Lipinski definition) is 3. The van der Waals surface area contributed by atoms with E-state index in [1.165, 1.54) is 0 Å². The van der Waals surface area contributed by atoms with Crippen LogP contribution >= 0.6 is 15.8 Å². The molecular formula is C33H51F6FeN7O6P2S2+2. The molecular weight excluding hydrogens is 886 g/mol. The topological polar surface area (TPSA) is 221 Å². The zero-order valence-corrected chi connectivity index (χ0v) is 38.2. The van der Waals surface area contributed by atoms with Gasteiger partial charge in [0.2, 0.25) is 0 Å². The maximum absolute atomic E-state index is 10.7. The first-order valence-electron chi connectivity index (χ1n) is 16.1. The second kappa shape index (κ2) is 24.9.